The Hall–Kier alpha value is -3.28. The summed E-state index contributed by atoms with van der Waals surface area (Å²) in [6, 6.07) is 16.2. The molecular formula is C25H26N4O2. The molecule has 6 nitrogen and oxygen atoms in total. The fourth-order valence-electron chi connectivity index (χ4n) is 5.68. The van der Waals surface area contributed by atoms with Crippen LogP contribution in [0, 0.1) is 0 Å². The summed E-state index contributed by atoms with van der Waals surface area (Å²) in [5.41, 5.74) is 5.14. The molecule has 0 spiro atoms. The van der Waals surface area contributed by atoms with Crippen LogP contribution in [0.25, 0.3) is 10.9 Å². The first-order valence-corrected chi connectivity index (χ1v) is 11.2. The fourth-order valence-corrected chi connectivity index (χ4v) is 5.68. The highest BCUT2D eigenvalue weighted by Crippen LogP contribution is 2.44. The van der Waals surface area contributed by atoms with Crippen molar-refractivity contribution < 1.29 is 9.59 Å². The Labute approximate surface area is 181 Å². The predicted molar refractivity (Wildman–Crippen MR) is 120 cm³/mol. The zero-order valence-electron chi connectivity index (χ0n) is 17.8. The Morgan fingerprint density at radius 1 is 1.00 bits per heavy atom. The highest BCUT2D eigenvalue weighted by Gasteiger charge is 2.43. The van der Waals surface area contributed by atoms with Gasteiger partial charge in [-0.2, -0.15) is 0 Å². The van der Waals surface area contributed by atoms with E-state index in [0.29, 0.717) is 13.1 Å². The summed E-state index contributed by atoms with van der Waals surface area (Å²) in [5.74, 6) is 0.246. The van der Waals surface area contributed by atoms with Crippen molar-refractivity contribution in [1.82, 2.24) is 14.4 Å². The highest BCUT2D eigenvalue weighted by atomic mass is 16.2. The summed E-state index contributed by atoms with van der Waals surface area (Å²) in [7, 11) is 2.06. The minimum atomic E-state index is -0.204. The quantitative estimate of drug-likeness (QED) is 0.646. The molecule has 2 aromatic carbocycles. The Morgan fingerprint density at radius 3 is 2.58 bits per heavy atom. The lowest BCUT2D eigenvalue weighted by atomic mass is 9.96. The number of amides is 2. The van der Waals surface area contributed by atoms with Crippen LogP contribution in [-0.2, 0) is 17.8 Å². The maximum absolute atomic E-state index is 13.4. The fraction of sp³-hybridized carbons (Fsp3) is 0.360. The number of fused-ring (bicyclic) bond motifs is 6. The first kappa shape index (κ1) is 18.5. The molecule has 0 bridgehead atoms. The van der Waals surface area contributed by atoms with Crippen molar-refractivity contribution in [3.8, 4) is 0 Å². The summed E-state index contributed by atoms with van der Waals surface area (Å²) in [5, 5.41) is 1.20. The van der Waals surface area contributed by atoms with Gasteiger partial charge in [-0.05, 0) is 43.0 Å². The molecule has 3 aliphatic heterocycles. The van der Waals surface area contributed by atoms with Crippen LogP contribution in [0.2, 0.25) is 0 Å². The number of carbonyl (C=O) groups excluding carboxylic acids is 2. The molecule has 0 aliphatic carbocycles. The molecule has 0 radical (unpaired) electrons. The third-order valence-electron chi connectivity index (χ3n) is 7.16. The number of hydrogen-bond donors (Lipinski definition) is 0. The maximum Gasteiger partial charge on any atom is 0.257 e. The van der Waals surface area contributed by atoms with Crippen LogP contribution < -0.4 is 4.90 Å². The maximum atomic E-state index is 13.4. The lowest BCUT2D eigenvalue weighted by Gasteiger charge is -2.46. The second-order valence-corrected chi connectivity index (χ2v) is 8.81. The minimum Gasteiger partial charge on any atom is -0.349 e. The van der Waals surface area contributed by atoms with Crippen LogP contribution >= 0.6 is 0 Å². The van der Waals surface area contributed by atoms with Gasteiger partial charge in [0.15, 0.2) is 0 Å². The lowest BCUT2D eigenvalue weighted by molar-refractivity contribution is -0.130. The molecule has 0 N–H and O–H groups in total. The van der Waals surface area contributed by atoms with Crippen LogP contribution in [-0.4, -0.2) is 52.9 Å². The normalized spacial score (nSPS) is 20.1. The van der Waals surface area contributed by atoms with E-state index in [0.717, 1.165) is 54.8 Å². The van der Waals surface area contributed by atoms with Gasteiger partial charge in [0.1, 0.15) is 12.7 Å². The standard InChI is InChI=1S/C25H26N4O2/c1-26-20-10-4-3-9-19(20)25(31)28-15-12-18-17-8-2-5-11-21(17)29(23(18)24(26)28)16-22(30)27-13-6-7-14-27/h2-5,8-11,24H,6-7,12-16H2,1H3/t24-/m1/s1. The third-order valence-corrected chi connectivity index (χ3v) is 7.16. The second-order valence-electron chi connectivity index (χ2n) is 8.81. The van der Waals surface area contributed by atoms with Crippen LogP contribution in [0.3, 0.4) is 0 Å². The zero-order chi connectivity index (χ0) is 21.1. The number of anilines is 1. The van der Waals surface area contributed by atoms with Crippen LogP contribution in [0.1, 0.15) is 40.6 Å². The van der Waals surface area contributed by atoms with E-state index in [2.05, 4.69) is 34.7 Å². The molecule has 3 aromatic rings. The number of likely N-dealkylation sites (tertiary alicyclic amines) is 1. The SMILES string of the molecule is CN1c2ccccc2C(=O)N2CCc3c(n(CC(=O)N4CCCC4)c4ccccc34)[C@@H]21. The molecule has 31 heavy (non-hydrogen) atoms. The number of carbonyl (C=O) groups is 2. The highest BCUT2D eigenvalue weighted by molar-refractivity contribution is 6.02. The van der Waals surface area contributed by atoms with Crippen LogP contribution in [0.15, 0.2) is 48.5 Å². The van der Waals surface area contributed by atoms with E-state index in [-0.39, 0.29) is 18.0 Å². The summed E-state index contributed by atoms with van der Waals surface area (Å²) < 4.78 is 2.18. The summed E-state index contributed by atoms with van der Waals surface area (Å²) >= 11 is 0. The van der Waals surface area contributed by atoms with Gasteiger partial charge in [0, 0.05) is 37.6 Å². The Kier molecular flexibility index (Phi) is 4.10. The molecule has 1 atom stereocenters. The van der Waals surface area contributed by atoms with Gasteiger partial charge in [0.2, 0.25) is 5.91 Å². The minimum absolute atomic E-state index is 0.0759. The van der Waals surface area contributed by atoms with E-state index in [1.54, 1.807) is 0 Å². The molecule has 0 unspecified atom stereocenters. The van der Waals surface area contributed by atoms with Crippen molar-refractivity contribution in [2.24, 2.45) is 0 Å². The predicted octanol–water partition coefficient (Wildman–Crippen LogP) is 3.41. The van der Waals surface area contributed by atoms with Crippen molar-refractivity contribution >= 4 is 28.4 Å². The average Bonchev–Trinajstić information content (AvgIpc) is 3.45. The largest absolute Gasteiger partial charge is 0.349 e. The van der Waals surface area contributed by atoms with Gasteiger partial charge in [-0.15, -0.1) is 0 Å². The van der Waals surface area contributed by atoms with E-state index in [4.69, 9.17) is 0 Å². The molecule has 0 saturated carbocycles. The van der Waals surface area contributed by atoms with E-state index in [9.17, 15) is 9.59 Å². The number of hydrogen-bond acceptors (Lipinski definition) is 3. The molecule has 3 aliphatic rings. The van der Waals surface area contributed by atoms with E-state index >= 15 is 0 Å². The van der Waals surface area contributed by atoms with Gasteiger partial charge in [-0.1, -0.05) is 30.3 Å². The molecule has 1 fully saturated rings. The smallest absolute Gasteiger partial charge is 0.257 e. The van der Waals surface area contributed by atoms with Crippen molar-refractivity contribution in [2.75, 3.05) is 31.6 Å². The number of para-hydroxylation sites is 2. The van der Waals surface area contributed by atoms with Gasteiger partial charge < -0.3 is 19.3 Å². The summed E-state index contributed by atoms with van der Waals surface area (Å²) in [6.07, 6.45) is 2.77. The molecule has 4 heterocycles. The van der Waals surface area contributed by atoms with Gasteiger partial charge in [-0.25, -0.2) is 0 Å². The monoisotopic (exact) mass is 414 g/mol. The van der Waals surface area contributed by atoms with Crippen molar-refractivity contribution in [3.63, 3.8) is 0 Å². The molecule has 1 saturated heterocycles. The topological polar surface area (TPSA) is 48.8 Å². The van der Waals surface area contributed by atoms with E-state index in [1.165, 1.54) is 10.9 Å². The van der Waals surface area contributed by atoms with Crippen LogP contribution in [0.5, 0.6) is 0 Å². The Balaban J connectivity index is 1.52. The van der Waals surface area contributed by atoms with E-state index in [1.807, 2.05) is 40.1 Å². The van der Waals surface area contributed by atoms with Crippen LogP contribution in [0.4, 0.5) is 5.69 Å². The Morgan fingerprint density at radius 2 is 1.74 bits per heavy atom. The van der Waals surface area contributed by atoms with Crippen molar-refractivity contribution in [1.29, 1.82) is 0 Å². The molecular weight excluding hydrogens is 388 g/mol. The summed E-state index contributed by atoms with van der Waals surface area (Å²) in [6.45, 7) is 2.70. The second kappa shape index (κ2) is 6.87. The van der Waals surface area contributed by atoms with Crippen molar-refractivity contribution in [3.05, 3.63) is 65.4 Å². The van der Waals surface area contributed by atoms with Gasteiger partial charge >= 0.3 is 0 Å². The molecule has 6 rings (SSSR count). The van der Waals surface area contributed by atoms with Gasteiger partial charge in [0.05, 0.1) is 16.9 Å². The van der Waals surface area contributed by atoms with E-state index < -0.39 is 0 Å². The first-order valence-electron chi connectivity index (χ1n) is 11.2. The number of rotatable bonds is 2. The molecule has 2 amide bonds. The molecule has 6 heteroatoms. The average molecular weight is 415 g/mol. The third kappa shape index (κ3) is 2.63. The lowest BCUT2D eigenvalue weighted by Crippen LogP contribution is -2.51. The van der Waals surface area contributed by atoms with Gasteiger partial charge in [-0.3, -0.25) is 9.59 Å². The van der Waals surface area contributed by atoms with Gasteiger partial charge in [0.25, 0.3) is 5.91 Å². The molecule has 158 valence electrons. The van der Waals surface area contributed by atoms with Crippen molar-refractivity contribution in [2.45, 2.75) is 32.0 Å². The summed E-state index contributed by atoms with van der Waals surface area (Å²) in [4.78, 5) is 32.7. The first-order chi connectivity index (χ1) is 15.1. The number of nitrogens with zero attached hydrogens (tertiary/aromatic N) is 4. The Bertz CT molecular complexity index is 1210. The number of aromatic nitrogens is 1. The molecule has 1 aromatic heterocycles. The zero-order valence-corrected chi connectivity index (χ0v) is 17.8. The number of benzene rings is 2.